The Kier molecular flexibility index (Phi) is 6.48. The van der Waals surface area contributed by atoms with Crippen molar-refractivity contribution < 1.29 is 32.2 Å². The molecule has 1 fully saturated rings. The minimum Gasteiger partial charge on any atom is -0.493 e. The quantitative estimate of drug-likeness (QED) is 0.357. The van der Waals surface area contributed by atoms with Gasteiger partial charge in [-0.25, -0.2) is 0 Å². The molecule has 7 heteroatoms. The molecule has 1 heterocycles. The van der Waals surface area contributed by atoms with Crippen molar-refractivity contribution in [2.45, 2.75) is 31.0 Å². The maximum Gasteiger partial charge on any atom is 0.416 e. The van der Waals surface area contributed by atoms with Crippen molar-refractivity contribution in [3.05, 3.63) is 95.1 Å². The summed E-state index contributed by atoms with van der Waals surface area (Å²) in [4.78, 5) is 13.5. The van der Waals surface area contributed by atoms with E-state index in [0.717, 1.165) is 30.5 Å². The van der Waals surface area contributed by atoms with Crippen molar-refractivity contribution in [3.8, 4) is 17.2 Å². The number of rotatable bonds is 7. The van der Waals surface area contributed by atoms with Crippen LogP contribution in [0.5, 0.6) is 17.2 Å². The highest BCUT2D eigenvalue weighted by Crippen LogP contribution is 2.40. The fourth-order valence-electron chi connectivity index (χ4n) is 4.34. The summed E-state index contributed by atoms with van der Waals surface area (Å²) in [5.41, 5.74) is 0.850. The Hall–Kier alpha value is -3.74. The van der Waals surface area contributed by atoms with Crippen LogP contribution in [-0.2, 0) is 6.18 Å². The van der Waals surface area contributed by atoms with Crippen LogP contribution in [0.25, 0.3) is 6.08 Å². The summed E-state index contributed by atoms with van der Waals surface area (Å²) < 4.78 is 57.1. The molecule has 1 aliphatic carbocycles. The van der Waals surface area contributed by atoms with Crippen molar-refractivity contribution in [3.63, 3.8) is 0 Å². The number of ketones is 1. The van der Waals surface area contributed by atoms with Gasteiger partial charge >= 0.3 is 6.18 Å². The SMILES string of the molecule is COc1cccc(/C=C/C2Oc3ccccc3C(=O)C2c2ccc(C(F)(F)F)cc2)c1OCC1CC1. The first-order valence-corrected chi connectivity index (χ1v) is 11.8. The van der Waals surface area contributed by atoms with Gasteiger partial charge in [-0.2, -0.15) is 13.2 Å². The van der Waals surface area contributed by atoms with Crippen LogP contribution in [0.3, 0.4) is 0 Å². The van der Waals surface area contributed by atoms with E-state index in [-0.39, 0.29) is 5.78 Å². The van der Waals surface area contributed by atoms with Gasteiger partial charge in [0.15, 0.2) is 17.3 Å². The summed E-state index contributed by atoms with van der Waals surface area (Å²) in [6.07, 6.45) is 0.675. The number of para-hydroxylation sites is 2. The molecular formula is C29H25F3O4. The van der Waals surface area contributed by atoms with E-state index >= 15 is 0 Å². The summed E-state index contributed by atoms with van der Waals surface area (Å²) in [5, 5.41) is 0. The molecule has 3 aromatic carbocycles. The number of methoxy groups -OCH3 is 1. The molecule has 0 spiro atoms. The van der Waals surface area contributed by atoms with E-state index < -0.39 is 23.8 Å². The lowest BCUT2D eigenvalue weighted by molar-refractivity contribution is -0.137. The van der Waals surface area contributed by atoms with Crippen LogP contribution in [0.2, 0.25) is 0 Å². The van der Waals surface area contributed by atoms with Crippen LogP contribution < -0.4 is 14.2 Å². The lowest BCUT2D eigenvalue weighted by atomic mass is 9.83. The normalized spacial score (nSPS) is 19.6. The lowest BCUT2D eigenvalue weighted by Gasteiger charge is -2.31. The van der Waals surface area contributed by atoms with Gasteiger partial charge in [0, 0.05) is 5.56 Å². The number of ether oxygens (including phenoxy) is 3. The highest BCUT2D eigenvalue weighted by Gasteiger charge is 2.38. The maximum absolute atomic E-state index is 13.5. The fourth-order valence-corrected chi connectivity index (χ4v) is 4.34. The Morgan fingerprint density at radius 1 is 1.00 bits per heavy atom. The number of Topliss-reactive ketones (excluding diaryl/α,β-unsaturated/α-hetero) is 1. The second kappa shape index (κ2) is 9.72. The van der Waals surface area contributed by atoms with E-state index in [4.69, 9.17) is 14.2 Å². The smallest absolute Gasteiger partial charge is 0.416 e. The van der Waals surface area contributed by atoms with E-state index in [0.29, 0.717) is 40.9 Å². The van der Waals surface area contributed by atoms with Crippen LogP contribution in [-0.4, -0.2) is 25.6 Å². The van der Waals surface area contributed by atoms with Crippen molar-refractivity contribution in [2.75, 3.05) is 13.7 Å². The number of carbonyl (C=O) groups is 1. The average Bonchev–Trinajstić information content (AvgIpc) is 3.70. The number of hydrogen-bond donors (Lipinski definition) is 0. The molecule has 2 aliphatic rings. The number of alkyl halides is 3. The molecule has 2 unspecified atom stereocenters. The second-order valence-electron chi connectivity index (χ2n) is 9.03. The second-order valence-corrected chi connectivity index (χ2v) is 9.03. The highest BCUT2D eigenvalue weighted by atomic mass is 19.4. The monoisotopic (exact) mass is 494 g/mol. The van der Waals surface area contributed by atoms with Crippen LogP contribution in [0.15, 0.2) is 72.8 Å². The van der Waals surface area contributed by atoms with E-state index in [1.165, 1.54) is 12.1 Å². The van der Waals surface area contributed by atoms with E-state index in [1.54, 1.807) is 37.5 Å². The number of halogens is 3. The number of hydrogen-bond acceptors (Lipinski definition) is 4. The molecule has 0 amide bonds. The molecule has 2 atom stereocenters. The van der Waals surface area contributed by atoms with Crippen molar-refractivity contribution in [2.24, 2.45) is 5.92 Å². The molecule has 0 aromatic heterocycles. The minimum atomic E-state index is -4.46. The standard InChI is InChI=1S/C29H25F3O4/c1-34-25-8-4-5-20(28(25)35-17-18-9-10-18)13-16-24-26(19-11-14-21(15-12-19)29(30,31)32)27(33)22-6-2-3-7-23(22)36-24/h2-8,11-16,18,24,26H,9-10,17H2,1H3/b16-13+. The molecule has 4 nitrogen and oxygen atoms in total. The molecule has 0 N–H and O–H groups in total. The molecule has 3 aromatic rings. The van der Waals surface area contributed by atoms with Gasteiger partial charge in [0.2, 0.25) is 0 Å². The highest BCUT2D eigenvalue weighted by molar-refractivity contribution is 6.04. The number of fused-ring (bicyclic) bond motifs is 1. The van der Waals surface area contributed by atoms with Crippen LogP contribution >= 0.6 is 0 Å². The summed E-state index contributed by atoms with van der Waals surface area (Å²) in [6.45, 7) is 0.598. The third-order valence-electron chi connectivity index (χ3n) is 6.48. The van der Waals surface area contributed by atoms with Crippen LogP contribution in [0, 0.1) is 5.92 Å². The first-order valence-electron chi connectivity index (χ1n) is 11.8. The molecule has 36 heavy (non-hydrogen) atoms. The molecular weight excluding hydrogens is 469 g/mol. The van der Waals surface area contributed by atoms with Gasteiger partial charge in [-0.3, -0.25) is 4.79 Å². The van der Waals surface area contributed by atoms with Gasteiger partial charge in [-0.1, -0.05) is 42.5 Å². The Morgan fingerprint density at radius 3 is 2.44 bits per heavy atom. The molecule has 0 bridgehead atoms. The van der Waals surface area contributed by atoms with E-state index in [2.05, 4.69) is 0 Å². The van der Waals surface area contributed by atoms with Crippen molar-refractivity contribution in [1.82, 2.24) is 0 Å². The van der Waals surface area contributed by atoms with Gasteiger partial charge in [0.1, 0.15) is 11.9 Å². The van der Waals surface area contributed by atoms with Crippen molar-refractivity contribution in [1.29, 1.82) is 0 Å². The Morgan fingerprint density at radius 2 is 1.75 bits per heavy atom. The van der Waals surface area contributed by atoms with Gasteiger partial charge in [-0.05, 0) is 60.7 Å². The van der Waals surface area contributed by atoms with E-state index in [1.807, 2.05) is 24.3 Å². The first-order chi connectivity index (χ1) is 17.3. The van der Waals surface area contributed by atoms with Gasteiger partial charge in [0.05, 0.1) is 30.8 Å². The summed E-state index contributed by atoms with van der Waals surface area (Å²) in [6, 6.07) is 17.1. The largest absolute Gasteiger partial charge is 0.493 e. The number of benzene rings is 3. The maximum atomic E-state index is 13.5. The fraction of sp³-hybridized carbons (Fsp3) is 0.276. The molecule has 0 saturated heterocycles. The van der Waals surface area contributed by atoms with Gasteiger partial charge in [-0.15, -0.1) is 0 Å². The van der Waals surface area contributed by atoms with Crippen LogP contribution in [0.4, 0.5) is 13.2 Å². The summed E-state index contributed by atoms with van der Waals surface area (Å²) >= 11 is 0. The zero-order chi connectivity index (χ0) is 25.3. The predicted octanol–water partition coefficient (Wildman–Crippen LogP) is 6.94. The molecule has 1 aliphatic heterocycles. The third kappa shape index (κ3) is 4.96. The molecule has 1 saturated carbocycles. The zero-order valence-corrected chi connectivity index (χ0v) is 19.6. The van der Waals surface area contributed by atoms with Gasteiger partial charge < -0.3 is 14.2 Å². The average molecular weight is 495 g/mol. The third-order valence-corrected chi connectivity index (χ3v) is 6.48. The molecule has 5 rings (SSSR count). The summed E-state index contributed by atoms with van der Waals surface area (Å²) in [7, 11) is 1.58. The zero-order valence-electron chi connectivity index (χ0n) is 19.6. The van der Waals surface area contributed by atoms with Crippen molar-refractivity contribution >= 4 is 11.9 Å². The summed E-state index contributed by atoms with van der Waals surface area (Å²) in [5.74, 6) is 1.18. The van der Waals surface area contributed by atoms with Gasteiger partial charge in [0.25, 0.3) is 0 Å². The number of carbonyl (C=O) groups excluding carboxylic acids is 1. The Labute approximate surface area is 207 Å². The predicted molar refractivity (Wildman–Crippen MR) is 130 cm³/mol. The Balaban J connectivity index is 1.50. The topological polar surface area (TPSA) is 44.8 Å². The first kappa shape index (κ1) is 24.0. The Bertz CT molecular complexity index is 1280. The van der Waals surface area contributed by atoms with E-state index in [9.17, 15) is 18.0 Å². The molecule has 186 valence electrons. The minimum absolute atomic E-state index is 0.206. The lowest BCUT2D eigenvalue weighted by Crippen LogP contribution is -2.34. The van der Waals surface area contributed by atoms with Crippen LogP contribution in [0.1, 0.15) is 45.8 Å². The molecule has 0 radical (unpaired) electrons.